The summed E-state index contributed by atoms with van der Waals surface area (Å²) in [6, 6.07) is 5.40. The molecule has 4 nitrogen and oxygen atoms in total. The third kappa shape index (κ3) is 2.47. The van der Waals surface area contributed by atoms with Gasteiger partial charge in [-0.25, -0.2) is 4.79 Å². The van der Waals surface area contributed by atoms with Crippen LogP contribution in [0.3, 0.4) is 0 Å². The molecule has 1 N–H and O–H groups in total. The summed E-state index contributed by atoms with van der Waals surface area (Å²) in [5, 5.41) is 9.36. The van der Waals surface area contributed by atoms with Gasteiger partial charge in [-0.05, 0) is 44.4 Å². The third-order valence-corrected chi connectivity index (χ3v) is 4.32. The molecule has 1 aliphatic rings. The zero-order valence-corrected chi connectivity index (χ0v) is 12.6. The Labute approximate surface area is 120 Å². The predicted molar refractivity (Wildman–Crippen MR) is 79.6 cm³/mol. The fourth-order valence-corrected chi connectivity index (χ4v) is 2.70. The van der Waals surface area contributed by atoms with Crippen LogP contribution in [-0.2, 0) is 4.79 Å². The monoisotopic (exact) mass is 277 g/mol. The second-order valence-electron chi connectivity index (χ2n) is 5.61. The van der Waals surface area contributed by atoms with Crippen LogP contribution in [0.5, 0.6) is 5.75 Å². The number of aryl methyl sites for hydroxylation is 1. The van der Waals surface area contributed by atoms with Crippen molar-refractivity contribution in [3.8, 4) is 5.75 Å². The van der Waals surface area contributed by atoms with E-state index in [-0.39, 0.29) is 5.60 Å². The Bertz CT molecular complexity index is 508. The zero-order valence-electron chi connectivity index (χ0n) is 12.6. The van der Waals surface area contributed by atoms with Crippen LogP contribution in [0.1, 0.15) is 39.2 Å². The normalized spacial score (nSPS) is 18.1. The molecule has 0 fully saturated rings. The first-order valence-corrected chi connectivity index (χ1v) is 7.21. The van der Waals surface area contributed by atoms with E-state index in [1.54, 1.807) is 6.92 Å². The molecule has 0 radical (unpaired) electrons. The van der Waals surface area contributed by atoms with Crippen molar-refractivity contribution in [3.05, 3.63) is 23.8 Å². The second kappa shape index (κ2) is 5.35. The fourth-order valence-electron chi connectivity index (χ4n) is 2.70. The van der Waals surface area contributed by atoms with Crippen LogP contribution in [0.15, 0.2) is 18.2 Å². The van der Waals surface area contributed by atoms with Crippen molar-refractivity contribution >= 4 is 11.7 Å². The summed E-state index contributed by atoms with van der Waals surface area (Å²) in [7, 11) is 0. The van der Waals surface area contributed by atoms with E-state index in [1.807, 2.05) is 30.0 Å². The highest BCUT2D eigenvalue weighted by molar-refractivity contribution is 5.79. The van der Waals surface area contributed by atoms with Crippen molar-refractivity contribution in [2.45, 2.75) is 52.2 Å². The van der Waals surface area contributed by atoms with Crippen molar-refractivity contribution in [2.24, 2.45) is 0 Å². The Kier molecular flexibility index (Phi) is 3.93. The average Bonchev–Trinajstić information content (AvgIpc) is 2.45. The van der Waals surface area contributed by atoms with Crippen molar-refractivity contribution in [3.63, 3.8) is 0 Å². The standard InChI is InChI=1S/C16H23NO3/c1-5-16(6-2)10-17(12(4)15(18)19)13-9-11(3)7-8-14(13)20-16/h7-9,12H,5-6,10H2,1-4H3,(H,18,19). The molecular weight excluding hydrogens is 254 g/mol. The Morgan fingerprint density at radius 2 is 2.10 bits per heavy atom. The van der Waals surface area contributed by atoms with Crippen molar-refractivity contribution in [2.75, 3.05) is 11.4 Å². The maximum atomic E-state index is 11.4. The van der Waals surface area contributed by atoms with Crippen LogP contribution in [-0.4, -0.2) is 29.3 Å². The molecule has 1 unspecified atom stereocenters. The number of fused-ring (bicyclic) bond motifs is 1. The Morgan fingerprint density at radius 1 is 1.45 bits per heavy atom. The van der Waals surface area contributed by atoms with Crippen molar-refractivity contribution < 1.29 is 14.6 Å². The maximum absolute atomic E-state index is 11.4. The van der Waals surface area contributed by atoms with Crippen LogP contribution < -0.4 is 9.64 Å². The Hall–Kier alpha value is -1.71. The van der Waals surface area contributed by atoms with E-state index in [2.05, 4.69) is 13.8 Å². The maximum Gasteiger partial charge on any atom is 0.326 e. The van der Waals surface area contributed by atoms with Gasteiger partial charge in [0.2, 0.25) is 0 Å². The lowest BCUT2D eigenvalue weighted by molar-refractivity contribution is -0.138. The molecule has 1 aromatic carbocycles. The van der Waals surface area contributed by atoms with Crippen LogP contribution in [0.25, 0.3) is 0 Å². The lowest BCUT2D eigenvalue weighted by Gasteiger charge is -2.45. The number of anilines is 1. The van der Waals surface area contributed by atoms with Gasteiger partial charge in [0, 0.05) is 0 Å². The summed E-state index contributed by atoms with van der Waals surface area (Å²) in [5.74, 6) is -0.0147. The SMILES string of the molecule is CCC1(CC)CN(C(C)C(=O)O)c2cc(C)ccc2O1. The molecule has 0 saturated heterocycles. The summed E-state index contributed by atoms with van der Waals surface area (Å²) >= 11 is 0. The van der Waals surface area contributed by atoms with Crippen LogP contribution in [0.4, 0.5) is 5.69 Å². The summed E-state index contributed by atoms with van der Waals surface area (Å²) < 4.78 is 6.20. The fraction of sp³-hybridized carbons (Fsp3) is 0.562. The van der Waals surface area contributed by atoms with Gasteiger partial charge >= 0.3 is 5.97 Å². The number of carboxylic acid groups (broad SMARTS) is 1. The Morgan fingerprint density at radius 3 is 2.65 bits per heavy atom. The van der Waals surface area contributed by atoms with Gasteiger partial charge in [-0.3, -0.25) is 0 Å². The molecule has 0 aromatic heterocycles. The van der Waals surface area contributed by atoms with Gasteiger partial charge in [-0.2, -0.15) is 0 Å². The van der Waals surface area contributed by atoms with Gasteiger partial charge in [0.25, 0.3) is 0 Å². The van der Waals surface area contributed by atoms with Gasteiger partial charge in [-0.15, -0.1) is 0 Å². The summed E-state index contributed by atoms with van der Waals surface area (Å²) in [4.78, 5) is 13.4. The number of nitrogens with zero attached hydrogens (tertiary/aromatic N) is 1. The molecule has 110 valence electrons. The molecule has 1 atom stereocenters. The average molecular weight is 277 g/mol. The number of hydrogen-bond donors (Lipinski definition) is 1. The lowest BCUT2D eigenvalue weighted by Crippen LogP contribution is -2.54. The largest absolute Gasteiger partial charge is 0.483 e. The number of carboxylic acids is 1. The first kappa shape index (κ1) is 14.7. The molecule has 1 heterocycles. The molecule has 0 spiro atoms. The van der Waals surface area contributed by atoms with Crippen LogP contribution in [0.2, 0.25) is 0 Å². The highest BCUT2D eigenvalue weighted by Crippen LogP contribution is 2.41. The Balaban J connectivity index is 2.49. The van der Waals surface area contributed by atoms with E-state index in [0.29, 0.717) is 6.54 Å². The van der Waals surface area contributed by atoms with E-state index in [9.17, 15) is 9.90 Å². The minimum Gasteiger partial charge on any atom is -0.483 e. The van der Waals surface area contributed by atoms with Crippen molar-refractivity contribution in [1.82, 2.24) is 0 Å². The quantitative estimate of drug-likeness (QED) is 0.918. The predicted octanol–water partition coefficient (Wildman–Crippen LogP) is 3.23. The zero-order chi connectivity index (χ0) is 14.9. The highest BCUT2D eigenvalue weighted by Gasteiger charge is 2.40. The van der Waals surface area contributed by atoms with Crippen LogP contribution in [0, 0.1) is 6.92 Å². The molecule has 0 amide bonds. The van der Waals surface area contributed by atoms with E-state index < -0.39 is 12.0 Å². The van der Waals surface area contributed by atoms with E-state index in [1.165, 1.54) is 0 Å². The number of hydrogen-bond acceptors (Lipinski definition) is 3. The summed E-state index contributed by atoms with van der Waals surface area (Å²) in [5.41, 5.74) is 1.69. The minimum atomic E-state index is -0.805. The van der Waals surface area contributed by atoms with Crippen LogP contribution >= 0.6 is 0 Å². The third-order valence-electron chi connectivity index (χ3n) is 4.32. The number of aliphatic carboxylic acids is 1. The number of benzene rings is 1. The molecule has 2 rings (SSSR count). The molecule has 1 aliphatic heterocycles. The van der Waals surface area contributed by atoms with Gasteiger partial charge in [0.1, 0.15) is 17.4 Å². The second-order valence-corrected chi connectivity index (χ2v) is 5.61. The smallest absolute Gasteiger partial charge is 0.326 e. The molecule has 0 saturated carbocycles. The van der Waals surface area contributed by atoms with Crippen molar-refractivity contribution in [1.29, 1.82) is 0 Å². The highest BCUT2D eigenvalue weighted by atomic mass is 16.5. The van der Waals surface area contributed by atoms with Gasteiger partial charge in [0.05, 0.1) is 12.2 Å². The minimum absolute atomic E-state index is 0.300. The summed E-state index contributed by atoms with van der Waals surface area (Å²) in [6.07, 6.45) is 1.72. The number of rotatable bonds is 4. The first-order valence-electron chi connectivity index (χ1n) is 7.21. The van der Waals surface area contributed by atoms with E-state index in [4.69, 9.17) is 4.74 Å². The van der Waals surface area contributed by atoms with Gasteiger partial charge in [0.15, 0.2) is 0 Å². The van der Waals surface area contributed by atoms with E-state index in [0.717, 1.165) is 29.8 Å². The number of ether oxygens (including phenoxy) is 1. The van der Waals surface area contributed by atoms with E-state index >= 15 is 0 Å². The number of carbonyl (C=O) groups is 1. The lowest BCUT2D eigenvalue weighted by atomic mass is 9.93. The molecule has 4 heteroatoms. The summed E-state index contributed by atoms with van der Waals surface area (Å²) in [6.45, 7) is 8.53. The first-order chi connectivity index (χ1) is 9.42. The van der Waals surface area contributed by atoms with Gasteiger partial charge in [-0.1, -0.05) is 19.9 Å². The van der Waals surface area contributed by atoms with Gasteiger partial charge < -0.3 is 14.7 Å². The molecular formula is C16H23NO3. The molecule has 0 bridgehead atoms. The molecule has 1 aromatic rings. The molecule has 0 aliphatic carbocycles. The topological polar surface area (TPSA) is 49.8 Å². The molecule has 20 heavy (non-hydrogen) atoms.